The molecule has 2 heterocycles. The van der Waals surface area contributed by atoms with Gasteiger partial charge in [-0.2, -0.15) is 5.10 Å². The number of halogens is 1. The van der Waals surface area contributed by atoms with Crippen LogP contribution >= 0.6 is 0 Å². The molecular weight excluding hydrogens is 321 g/mol. The van der Waals surface area contributed by atoms with E-state index in [1.54, 1.807) is 18.3 Å². The lowest BCUT2D eigenvalue weighted by Gasteiger charge is -2.33. The fourth-order valence-corrected chi connectivity index (χ4v) is 2.92. The van der Waals surface area contributed by atoms with Crippen LogP contribution < -0.4 is 15.5 Å². The average Bonchev–Trinajstić information content (AvgIpc) is 2.67. The molecule has 2 N–H and O–H groups in total. The van der Waals surface area contributed by atoms with Gasteiger partial charge in [-0.05, 0) is 42.7 Å². The zero-order chi connectivity index (χ0) is 17.5. The number of carbonyl (C=O) groups excluding carboxylic acids is 1. The Morgan fingerprint density at radius 3 is 2.88 bits per heavy atom. The highest BCUT2D eigenvalue weighted by Gasteiger charge is 2.21. The number of carbonyl (C=O) groups is 1. The second kappa shape index (κ2) is 8.53. The van der Waals surface area contributed by atoms with Crippen molar-refractivity contribution >= 4 is 11.7 Å². The lowest BCUT2D eigenvalue weighted by atomic mass is 10.1. The maximum atomic E-state index is 12.9. The summed E-state index contributed by atoms with van der Waals surface area (Å²) in [4.78, 5) is 14.2. The van der Waals surface area contributed by atoms with Crippen LogP contribution in [0.4, 0.5) is 10.2 Å². The summed E-state index contributed by atoms with van der Waals surface area (Å²) in [5, 5.41) is 14.2. The van der Waals surface area contributed by atoms with Gasteiger partial charge in [-0.3, -0.25) is 4.79 Å². The van der Waals surface area contributed by atoms with E-state index < -0.39 is 0 Å². The molecule has 6 nitrogen and oxygen atoms in total. The number of amides is 1. The zero-order valence-corrected chi connectivity index (χ0v) is 14.0. The Morgan fingerprint density at radius 1 is 1.28 bits per heavy atom. The van der Waals surface area contributed by atoms with Crippen molar-refractivity contribution in [2.75, 3.05) is 24.5 Å². The molecule has 2 aromatic rings. The third-order valence-corrected chi connectivity index (χ3v) is 4.26. The molecule has 1 amide bonds. The first-order chi connectivity index (χ1) is 12.2. The molecule has 1 aromatic heterocycles. The first-order valence-electron chi connectivity index (χ1n) is 8.48. The highest BCUT2D eigenvalue weighted by molar-refractivity contribution is 5.78. The number of hydrogen-bond donors (Lipinski definition) is 2. The number of rotatable bonds is 6. The third kappa shape index (κ3) is 5.22. The summed E-state index contributed by atoms with van der Waals surface area (Å²) in [6.45, 7) is 2.43. The molecule has 1 atom stereocenters. The molecule has 132 valence electrons. The zero-order valence-electron chi connectivity index (χ0n) is 14.0. The Morgan fingerprint density at radius 2 is 2.12 bits per heavy atom. The van der Waals surface area contributed by atoms with Gasteiger partial charge in [0, 0.05) is 31.9 Å². The number of nitrogens with zero attached hydrogens (tertiary/aromatic N) is 3. The molecule has 7 heteroatoms. The first kappa shape index (κ1) is 17.3. The number of benzene rings is 1. The van der Waals surface area contributed by atoms with Gasteiger partial charge in [-0.1, -0.05) is 12.1 Å². The number of nitrogens with one attached hydrogen (secondary N) is 2. The molecular formula is C18H22FN5O. The Labute approximate surface area is 146 Å². The third-order valence-electron chi connectivity index (χ3n) is 4.26. The Bertz CT molecular complexity index is 680. The fraction of sp³-hybridized carbons (Fsp3) is 0.389. The molecule has 25 heavy (non-hydrogen) atoms. The predicted molar refractivity (Wildman–Crippen MR) is 93.5 cm³/mol. The highest BCUT2D eigenvalue weighted by atomic mass is 19.1. The fourth-order valence-electron chi connectivity index (χ4n) is 2.92. The van der Waals surface area contributed by atoms with Gasteiger partial charge in [-0.15, -0.1) is 5.10 Å². The summed E-state index contributed by atoms with van der Waals surface area (Å²) in [7, 11) is 0. The van der Waals surface area contributed by atoms with E-state index in [-0.39, 0.29) is 24.3 Å². The maximum Gasteiger partial charge on any atom is 0.234 e. The van der Waals surface area contributed by atoms with Crippen LogP contribution in [0.2, 0.25) is 0 Å². The summed E-state index contributed by atoms with van der Waals surface area (Å²) >= 11 is 0. The smallest absolute Gasteiger partial charge is 0.234 e. The normalized spacial score (nSPS) is 17.3. The molecule has 0 aliphatic carbocycles. The molecule has 3 rings (SSSR count). The van der Waals surface area contributed by atoms with Gasteiger partial charge in [0.15, 0.2) is 5.82 Å². The van der Waals surface area contributed by atoms with Gasteiger partial charge in [-0.25, -0.2) is 4.39 Å². The van der Waals surface area contributed by atoms with Gasteiger partial charge in [0.2, 0.25) is 5.91 Å². The van der Waals surface area contributed by atoms with Gasteiger partial charge in [0.05, 0.1) is 6.54 Å². The minimum Gasteiger partial charge on any atom is -0.354 e. The number of aromatic nitrogens is 2. The SMILES string of the molecule is O=C(CNC1CCCN(c2cccnn2)C1)NCc1ccc(F)cc1. The van der Waals surface area contributed by atoms with Crippen LogP contribution in [0.15, 0.2) is 42.6 Å². The summed E-state index contributed by atoms with van der Waals surface area (Å²) in [6.07, 6.45) is 3.74. The lowest BCUT2D eigenvalue weighted by Crippen LogP contribution is -2.48. The topological polar surface area (TPSA) is 70.2 Å². The van der Waals surface area contributed by atoms with E-state index in [0.717, 1.165) is 37.3 Å². The van der Waals surface area contributed by atoms with Crippen molar-refractivity contribution in [3.63, 3.8) is 0 Å². The molecule has 1 aliphatic rings. The summed E-state index contributed by atoms with van der Waals surface area (Å²) in [6, 6.07) is 10.2. The van der Waals surface area contributed by atoms with E-state index in [9.17, 15) is 9.18 Å². The molecule has 1 aromatic carbocycles. The van der Waals surface area contributed by atoms with E-state index >= 15 is 0 Å². The van der Waals surface area contributed by atoms with Crippen LogP contribution in [0.3, 0.4) is 0 Å². The summed E-state index contributed by atoms with van der Waals surface area (Å²) in [5.41, 5.74) is 0.876. The van der Waals surface area contributed by atoms with E-state index in [2.05, 4.69) is 25.7 Å². The van der Waals surface area contributed by atoms with E-state index in [4.69, 9.17) is 0 Å². The lowest BCUT2D eigenvalue weighted by molar-refractivity contribution is -0.120. The minimum absolute atomic E-state index is 0.0686. The number of hydrogen-bond acceptors (Lipinski definition) is 5. The molecule has 0 saturated carbocycles. The number of piperidine rings is 1. The van der Waals surface area contributed by atoms with Crippen LogP contribution in [-0.4, -0.2) is 41.8 Å². The van der Waals surface area contributed by atoms with Gasteiger partial charge in [0.1, 0.15) is 5.82 Å². The molecule has 1 fully saturated rings. The van der Waals surface area contributed by atoms with Crippen LogP contribution in [0, 0.1) is 5.82 Å². The monoisotopic (exact) mass is 343 g/mol. The largest absolute Gasteiger partial charge is 0.354 e. The second-order valence-electron chi connectivity index (χ2n) is 6.15. The Balaban J connectivity index is 1.41. The standard InChI is InChI=1S/C18H22FN5O/c19-15-7-5-14(6-8-15)11-21-18(25)12-20-16-3-2-10-24(13-16)17-4-1-9-22-23-17/h1,4-9,16,20H,2-3,10-13H2,(H,21,25). The highest BCUT2D eigenvalue weighted by Crippen LogP contribution is 2.16. The summed E-state index contributed by atoms with van der Waals surface area (Å²) < 4.78 is 12.9. The Kier molecular flexibility index (Phi) is 5.90. The van der Waals surface area contributed by atoms with Crippen molar-refractivity contribution in [3.05, 3.63) is 54.0 Å². The maximum absolute atomic E-state index is 12.9. The molecule has 1 aliphatic heterocycles. The van der Waals surface area contributed by atoms with Crippen LogP contribution in [0.5, 0.6) is 0 Å². The minimum atomic E-state index is -0.276. The molecule has 1 unspecified atom stereocenters. The van der Waals surface area contributed by atoms with Gasteiger partial charge in [0.25, 0.3) is 0 Å². The molecule has 0 radical (unpaired) electrons. The van der Waals surface area contributed by atoms with Crippen molar-refractivity contribution in [1.29, 1.82) is 0 Å². The number of anilines is 1. The van der Waals surface area contributed by atoms with Gasteiger partial charge < -0.3 is 15.5 Å². The van der Waals surface area contributed by atoms with Crippen molar-refractivity contribution in [1.82, 2.24) is 20.8 Å². The molecule has 0 spiro atoms. The van der Waals surface area contributed by atoms with Crippen LogP contribution in [0.1, 0.15) is 18.4 Å². The predicted octanol–water partition coefficient (Wildman–Crippen LogP) is 1.49. The average molecular weight is 343 g/mol. The van der Waals surface area contributed by atoms with Crippen molar-refractivity contribution in [3.8, 4) is 0 Å². The molecule has 1 saturated heterocycles. The quantitative estimate of drug-likeness (QED) is 0.832. The second-order valence-corrected chi connectivity index (χ2v) is 6.15. The summed E-state index contributed by atoms with van der Waals surface area (Å²) in [5.74, 6) is 0.525. The van der Waals surface area contributed by atoms with E-state index in [1.807, 2.05) is 12.1 Å². The van der Waals surface area contributed by atoms with Crippen molar-refractivity contribution < 1.29 is 9.18 Å². The van der Waals surface area contributed by atoms with Crippen molar-refractivity contribution in [2.24, 2.45) is 0 Å². The van der Waals surface area contributed by atoms with Crippen LogP contribution in [0.25, 0.3) is 0 Å². The van der Waals surface area contributed by atoms with E-state index in [1.165, 1.54) is 12.1 Å². The Hall–Kier alpha value is -2.54. The van der Waals surface area contributed by atoms with Crippen LogP contribution in [-0.2, 0) is 11.3 Å². The van der Waals surface area contributed by atoms with Crippen molar-refractivity contribution in [2.45, 2.75) is 25.4 Å². The van der Waals surface area contributed by atoms with Gasteiger partial charge >= 0.3 is 0 Å². The first-order valence-corrected chi connectivity index (χ1v) is 8.48. The van der Waals surface area contributed by atoms with E-state index in [0.29, 0.717) is 6.54 Å². The molecule has 0 bridgehead atoms.